The number of benzene rings is 2. The SMILES string of the molecule is O=Cc1cc2ccc1CCc1ccc(c(O)c1)CC2. The van der Waals surface area contributed by atoms with Crippen LogP contribution in [-0.2, 0) is 25.7 Å². The lowest BCUT2D eigenvalue weighted by Crippen LogP contribution is -2.01. The van der Waals surface area contributed by atoms with Gasteiger partial charge in [-0.3, -0.25) is 4.79 Å². The topological polar surface area (TPSA) is 37.3 Å². The molecule has 1 N–H and O–H groups in total. The van der Waals surface area contributed by atoms with Crippen LogP contribution in [0.1, 0.15) is 32.6 Å². The number of rotatable bonds is 1. The van der Waals surface area contributed by atoms with E-state index in [4.69, 9.17) is 0 Å². The Morgan fingerprint density at radius 2 is 1.47 bits per heavy atom. The Kier molecular flexibility index (Phi) is 3.08. The van der Waals surface area contributed by atoms with Crippen molar-refractivity contribution in [2.75, 3.05) is 0 Å². The van der Waals surface area contributed by atoms with Gasteiger partial charge in [0.05, 0.1) is 0 Å². The lowest BCUT2D eigenvalue weighted by Gasteiger charge is -2.12. The van der Waals surface area contributed by atoms with Gasteiger partial charge in [-0.2, -0.15) is 0 Å². The van der Waals surface area contributed by atoms with Crippen LogP contribution in [0.3, 0.4) is 0 Å². The van der Waals surface area contributed by atoms with Gasteiger partial charge in [-0.15, -0.1) is 0 Å². The summed E-state index contributed by atoms with van der Waals surface area (Å²) in [7, 11) is 0. The first-order valence-corrected chi connectivity index (χ1v) is 6.64. The van der Waals surface area contributed by atoms with Crippen LogP contribution in [0.25, 0.3) is 0 Å². The van der Waals surface area contributed by atoms with Gasteiger partial charge in [-0.05, 0) is 60.1 Å². The predicted molar refractivity (Wildman–Crippen MR) is 74.8 cm³/mol. The number of aryl methyl sites for hydroxylation is 4. The Hall–Kier alpha value is -2.09. The normalized spacial score (nSPS) is 13.9. The summed E-state index contributed by atoms with van der Waals surface area (Å²) in [6, 6.07) is 12.1. The second-order valence-corrected chi connectivity index (χ2v) is 5.11. The van der Waals surface area contributed by atoms with Crippen LogP contribution in [0, 0.1) is 0 Å². The van der Waals surface area contributed by atoms with E-state index >= 15 is 0 Å². The van der Waals surface area contributed by atoms with Gasteiger partial charge in [-0.1, -0.05) is 24.3 Å². The molecule has 0 unspecified atom stereocenters. The van der Waals surface area contributed by atoms with E-state index in [1.807, 2.05) is 18.2 Å². The first-order chi connectivity index (χ1) is 9.26. The number of carbonyl (C=O) groups is 1. The van der Waals surface area contributed by atoms with Crippen LogP contribution >= 0.6 is 0 Å². The largest absolute Gasteiger partial charge is 0.508 e. The smallest absolute Gasteiger partial charge is 0.150 e. The molecule has 2 heteroatoms. The predicted octanol–water partition coefficient (Wildman–Crippen LogP) is 3.09. The number of aromatic hydroxyl groups is 1. The maximum atomic E-state index is 11.2. The van der Waals surface area contributed by atoms with Crippen molar-refractivity contribution in [3.8, 4) is 5.75 Å². The molecule has 0 radical (unpaired) electrons. The summed E-state index contributed by atoms with van der Waals surface area (Å²) in [6.45, 7) is 0. The molecule has 4 aliphatic rings. The molecule has 0 fully saturated rings. The quantitative estimate of drug-likeness (QED) is 0.792. The summed E-state index contributed by atoms with van der Waals surface area (Å²) >= 11 is 0. The van der Waals surface area contributed by atoms with Gasteiger partial charge < -0.3 is 5.11 Å². The van der Waals surface area contributed by atoms with Crippen LogP contribution in [-0.4, -0.2) is 11.4 Å². The van der Waals surface area contributed by atoms with Crippen molar-refractivity contribution >= 4 is 6.29 Å². The molecule has 4 bridgehead atoms. The highest BCUT2D eigenvalue weighted by atomic mass is 16.3. The van der Waals surface area contributed by atoms with E-state index in [2.05, 4.69) is 18.2 Å². The summed E-state index contributed by atoms with van der Waals surface area (Å²) in [4.78, 5) is 11.2. The maximum Gasteiger partial charge on any atom is 0.150 e. The van der Waals surface area contributed by atoms with Gasteiger partial charge in [0.2, 0.25) is 0 Å². The monoisotopic (exact) mass is 252 g/mol. The van der Waals surface area contributed by atoms with Crippen molar-refractivity contribution in [2.24, 2.45) is 0 Å². The third kappa shape index (κ3) is 2.39. The fourth-order valence-electron chi connectivity index (χ4n) is 2.67. The van der Waals surface area contributed by atoms with E-state index in [0.717, 1.165) is 59.8 Å². The molecule has 96 valence electrons. The summed E-state index contributed by atoms with van der Waals surface area (Å²) in [5.41, 5.74) is 5.12. The van der Waals surface area contributed by atoms with Crippen LogP contribution in [0.5, 0.6) is 5.75 Å². The molecule has 0 aromatic heterocycles. The number of hydrogen-bond acceptors (Lipinski definition) is 2. The fraction of sp³-hybridized carbons (Fsp3) is 0.235. The first-order valence-electron chi connectivity index (χ1n) is 6.64. The van der Waals surface area contributed by atoms with Crippen molar-refractivity contribution in [2.45, 2.75) is 25.7 Å². The Balaban J connectivity index is 2.05. The molecule has 0 heterocycles. The first kappa shape index (κ1) is 12.0. The molecular formula is C17H16O2. The van der Waals surface area contributed by atoms with Crippen molar-refractivity contribution in [3.63, 3.8) is 0 Å². The van der Waals surface area contributed by atoms with Gasteiger partial charge in [-0.25, -0.2) is 0 Å². The average Bonchev–Trinajstić information content (AvgIpc) is 2.42. The molecule has 2 nitrogen and oxygen atoms in total. The lowest BCUT2D eigenvalue weighted by molar-refractivity contribution is 0.112. The zero-order valence-corrected chi connectivity index (χ0v) is 10.7. The fourth-order valence-corrected chi connectivity index (χ4v) is 2.67. The van der Waals surface area contributed by atoms with E-state index in [9.17, 15) is 9.90 Å². The van der Waals surface area contributed by atoms with Crippen molar-refractivity contribution < 1.29 is 9.90 Å². The number of carbonyl (C=O) groups excluding carboxylic acids is 1. The Labute approximate surface area is 112 Å². The number of phenols is 1. The van der Waals surface area contributed by atoms with Crippen LogP contribution < -0.4 is 0 Å². The number of phenolic OH excluding ortho intramolecular Hbond substituents is 1. The highest BCUT2D eigenvalue weighted by Gasteiger charge is 2.09. The van der Waals surface area contributed by atoms with Crippen LogP contribution in [0.15, 0.2) is 36.4 Å². The second-order valence-electron chi connectivity index (χ2n) is 5.11. The maximum absolute atomic E-state index is 11.2. The summed E-state index contributed by atoms with van der Waals surface area (Å²) in [5.74, 6) is 0.392. The van der Waals surface area contributed by atoms with Crippen molar-refractivity contribution in [3.05, 3.63) is 64.2 Å². The van der Waals surface area contributed by atoms with Gasteiger partial charge in [0, 0.05) is 5.56 Å². The standard InChI is InChI=1S/C17H16O2/c18-11-16-9-12-1-5-14(16)6-2-13-4-8-15(7-3-12)17(19)10-13/h1,4-5,8-11,19H,2-3,6-7H2. The van der Waals surface area contributed by atoms with Crippen molar-refractivity contribution in [1.82, 2.24) is 0 Å². The number of hydrogen-bond donors (Lipinski definition) is 1. The van der Waals surface area contributed by atoms with Gasteiger partial charge in [0.25, 0.3) is 0 Å². The second kappa shape index (κ2) is 4.88. The zero-order valence-electron chi connectivity index (χ0n) is 10.7. The van der Waals surface area contributed by atoms with Gasteiger partial charge >= 0.3 is 0 Å². The molecule has 0 atom stereocenters. The molecule has 6 rings (SSSR count). The molecule has 0 saturated carbocycles. The van der Waals surface area contributed by atoms with Crippen LogP contribution in [0.4, 0.5) is 0 Å². The van der Waals surface area contributed by atoms with E-state index in [-0.39, 0.29) is 0 Å². The Bertz CT molecular complexity index is 629. The average molecular weight is 252 g/mol. The van der Waals surface area contributed by atoms with Crippen molar-refractivity contribution in [1.29, 1.82) is 0 Å². The third-order valence-corrected chi connectivity index (χ3v) is 3.85. The Morgan fingerprint density at radius 1 is 0.842 bits per heavy atom. The molecule has 0 amide bonds. The lowest BCUT2D eigenvalue weighted by atomic mass is 9.93. The molecule has 0 aliphatic heterocycles. The number of aldehydes is 1. The Morgan fingerprint density at radius 3 is 2.16 bits per heavy atom. The molecule has 0 spiro atoms. The summed E-state index contributed by atoms with van der Waals surface area (Å²) in [5, 5.41) is 10.00. The third-order valence-electron chi connectivity index (χ3n) is 3.85. The molecule has 4 aliphatic carbocycles. The highest BCUT2D eigenvalue weighted by Crippen LogP contribution is 2.24. The highest BCUT2D eigenvalue weighted by molar-refractivity contribution is 5.77. The minimum atomic E-state index is 0.392. The molecule has 0 saturated heterocycles. The minimum Gasteiger partial charge on any atom is -0.508 e. The van der Waals surface area contributed by atoms with E-state index in [1.54, 1.807) is 0 Å². The molecule has 2 aromatic carbocycles. The molecule has 19 heavy (non-hydrogen) atoms. The van der Waals surface area contributed by atoms with Gasteiger partial charge in [0.1, 0.15) is 12.0 Å². The summed E-state index contributed by atoms with van der Waals surface area (Å²) < 4.78 is 0. The van der Waals surface area contributed by atoms with E-state index in [1.165, 1.54) is 0 Å². The zero-order chi connectivity index (χ0) is 13.2. The molecule has 2 aromatic rings. The summed E-state index contributed by atoms with van der Waals surface area (Å²) in [6.07, 6.45) is 4.25. The van der Waals surface area contributed by atoms with E-state index in [0.29, 0.717) is 5.75 Å². The van der Waals surface area contributed by atoms with Gasteiger partial charge in [0.15, 0.2) is 0 Å². The van der Waals surface area contributed by atoms with E-state index < -0.39 is 0 Å². The molecular weight excluding hydrogens is 236 g/mol. The van der Waals surface area contributed by atoms with Crippen LogP contribution in [0.2, 0.25) is 0 Å². The minimum absolute atomic E-state index is 0.392.